The molecule has 0 spiro atoms. The molecule has 118 valence electrons. The van der Waals surface area contributed by atoms with Crippen LogP contribution in [0.4, 0.5) is 0 Å². The lowest BCUT2D eigenvalue weighted by Gasteiger charge is -2.35. The highest BCUT2D eigenvalue weighted by Crippen LogP contribution is 2.38. The zero-order valence-electron chi connectivity index (χ0n) is 12.7. The predicted octanol–water partition coefficient (Wildman–Crippen LogP) is 1.14. The molecule has 0 amide bonds. The number of nitrogens with zero attached hydrogens (tertiary/aromatic N) is 1. The van der Waals surface area contributed by atoms with Crippen LogP contribution in [0.2, 0.25) is 0 Å². The summed E-state index contributed by atoms with van der Waals surface area (Å²) >= 11 is 0. The van der Waals surface area contributed by atoms with E-state index in [1.807, 2.05) is 18.2 Å². The van der Waals surface area contributed by atoms with Gasteiger partial charge in [-0.25, -0.2) is 8.42 Å². The van der Waals surface area contributed by atoms with Crippen molar-refractivity contribution in [3.8, 4) is 6.07 Å². The third kappa shape index (κ3) is 3.18. The van der Waals surface area contributed by atoms with Gasteiger partial charge < -0.3 is 5.32 Å². The van der Waals surface area contributed by atoms with Crippen LogP contribution < -0.4 is 5.32 Å². The Balaban J connectivity index is 1.61. The van der Waals surface area contributed by atoms with E-state index in [4.69, 9.17) is 0 Å². The van der Waals surface area contributed by atoms with Gasteiger partial charge >= 0.3 is 0 Å². The molecular formula is C17H23N2O2S+. The van der Waals surface area contributed by atoms with E-state index in [0.29, 0.717) is 17.5 Å². The number of quaternary nitrogens is 1. The summed E-state index contributed by atoms with van der Waals surface area (Å²) in [4.78, 5) is 0. The van der Waals surface area contributed by atoms with Crippen molar-refractivity contribution < 1.29 is 13.7 Å². The number of nitrogens with two attached hydrogens (primary N) is 1. The Hall–Kier alpha value is -1.38. The molecule has 3 rings (SSSR count). The molecule has 1 saturated carbocycles. The SMILES string of the molecule is N#CC1(c2ccccc2)CCC([NH2+][C@H]2CCS(=O)(=O)C2)CC1. The average Bonchev–Trinajstić information content (AvgIpc) is 2.88. The normalized spacial score (nSPS) is 34.1. The van der Waals surface area contributed by atoms with Crippen molar-refractivity contribution in [3.63, 3.8) is 0 Å². The van der Waals surface area contributed by atoms with Gasteiger partial charge in [0.2, 0.25) is 0 Å². The number of nitriles is 1. The summed E-state index contributed by atoms with van der Waals surface area (Å²) in [5.74, 6) is 0.665. The van der Waals surface area contributed by atoms with Gasteiger partial charge in [0, 0.05) is 19.3 Å². The summed E-state index contributed by atoms with van der Waals surface area (Å²) in [6.07, 6.45) is 4.49. The molecule has 2 aliphatic rings. The summed E-state index contributed by atoms with van der Waals surface area (Å²) in [6, 6.07) is 13.3. The van der Waals surface area contributed by atoms with Crippen molar-refractivity contribution in [3.05, 3.63) is 35.9 Å². The molecule has 2 N–H and O–H groups in total. The number of rotatable bonds is 3. The first-order chi connectivity index (χ1) is 10.5. The van der Waals surface area contributed by atoms with Gasteiger partial charge in [-0.3, -0.25) is 0 Å². The van der Waals surface area contributed by atoms with E-state index >= 15 is 0 Å². The summed E-state index contributed by atoms with van der Waals surface area (Å²) in [5, 5.41) is 12.0. The van der Waals surface area contributed by atoms with Gasteiger partial charge in [0.25, 0.3) is 0 Å². The maximum absolute atomic E-state index is 11.6. The summed E-state index contributed by atoms with van der Waals surface area (Å²) in [5.41, 5.74) is 0.771. The van der Waals surface area contributed by atoms with Crippen molar-refractivity contribution in [2.24, 2.45) is 0 Å². The molecule has 1 aliphatic carbocycles. The third-order valence-corrected chi connectivity index (χ3v) is 7.03. The third-order valence-electron chi connectivity index (χ3n) is 5.24. The van der Waals surface area contributed by atoms with Crippen LogP contribution in [0.3, 0.4) is 0 Å². The molecule has 1 saturated heterocycles. The Morgan fingerprint density at radius 2 is 1.77 bits per heavy atom. The van der Waals surface area contributed by atoms with Gasteiger partial charge in [-0.15, -0.1) is 0 Å². The molecule has 0 aromatic heterocycles. The Labute approximate surface area is 132 Å². The Bertz CT molecular complexity index is 656. The van der Waals surface area contributed by atoms with E-state index in [2.05, 4.69) is 23.5 Å². The van der Waals surface area contributed by atoms with Crippen LogP contribution in [-0.4, -0.2) is 32.0 Å². The largest absolute Gasteiger partial charge is 0.341 e. The second kappa shape index (κ2) is 6.02. The topological polar surface area (TPSA) is 74.5 Å². The lowest BCUT2D eigenvalue weighted by Crippen LogP contribution is -2.95. The van der Waals surface area contributed by atoms with Crippen molar-refractivity contribution in [2.75, 3.05) is 11.5 Å². The van der Waals surface area contributed by atoms with Crippen molar-refractivity contribution >= 4 is 9.84 Å². The van der Waals surface area contributed by atoms with Crippen LogP contribution in [0.15, 0.2) is 30.3 Å². The van der Waals surface area contributed by atoms with Gasteiger partial charge in [-0.05, 0) is 18.4 Å². The lowest BCUT2D eigenvalue weighted by molar-refractivity contribution is -0.719. The van der Waals surface area contributed by atoms with Gasteiger partial charge in [0.05, 0.1) is 23.3 Å². The van der Waals surface area contributed by atoms with Crippen LogP contribution >= 0.6 is 0 Å². The van der Waals surface area contributed by atoms with Crippen LogP contribution in [0.5, 0.6) is 0 Å². The highest BCUT2D eigenvalue weighted by Gasteiger charge is 2.40. The van der Waals surface area contributed by atoms with Crippen LogP contribution in [0.25, 0.3) is 0 Å². The zero-order chi connectivity index (χ0) is 15.6. The highest BCUT2D eigenvalue weighted by atomic mass is 32.2. The smallest absolute Gasteiger partial charge is 0.156 e. The fourth-order valence-corrected chi connectivity index (χ4v) is 5.67. The number of sulfone groups is 1. The first-order valence-electron chi connectivity index (χ1n) is 8.05. The van der Waals surface area contributed by atoms with Crippen LogP contribution in [-0.2, 0) is 15.3 Å². The molecule has 1 aliphatic heterocycles. The number of hydrogen-bond donors (Lipinski definition) is 1. The summed E-state index contributed by atoms with van der Waals surface area (Å²) < 4.78 is 23.1. The molecule has 4 nitrogen and oxygen atoms in total. The average molecular weight is 319 g/mol. The lowest BCUT2D eigenvalue weighted by atomic mass is 9.69. The first kappa shape index (κ1) is 15.5. The molecule has 1 heterocycles. The minimum absolute atomic E-state index is 0.223. The van der Waals surface area contributed by atoms with Gasteiger partial charge in [0.1, 0.15) is 11.8 Å². The van der Waals surface area contributed by atoms with Crippen LogP contribution in [0.1, 0.15) is 37.7 Å². The second-order valence-electron chi connectivity index (χ2n) is 6.75. The van der Waals surface area contributed by atoms with Crippen molar-refractivity contribution in [1.29, 1.82) is 5.26 Å². The van der Waals surface area contributed by atoms with Crippen LogP contribution in [0, 0.1) is 11.3 Å². The maximum Gasteiger partial charge on any atom is 0.156 e. The van der Waals surface area contributed by atoms with E-state index in [1.165, 1.54) is 0 Å². The monoisotopic (exact) mass is 319 g/mol. The van der Waals surface area contributed by atoms with E-state index in [1.54, 1.807) is 0 Å². The molecule has 0 bridgehead atoms. The summed E-state index contributed by atoms with van der Waals surface area (Å²) in [6.45, 7) is 0. The minimum atomic E-state index is -2.80. The Morgan fingerprint density at radius 1 is 1.09 bits per heavy atom. The molecule has 22 heavy (non-hydrogen) atoms. The fraction of sp³-hybridized carbons (Fsp3) is 0.588. The first-order valence-corrected chi connectivity index (χ1v) is 9.87. The molecule has 1 aromatic carbocycles. The Kier molecular flexibility index (Phi) is 4.24. The molecule has 1 atom stereocenters. The standard InChI is InChI=1S/C17H22N2O2S/c18-13-17(14-4-2-1-3-5-14)9-6-15(7-10-17)19-16-8-11-22(20,21)12-16/h1-5,15-16,19H,6-12H2/p+1/t15?,16-,17?/m0/s1. The minimum Gasteiger partial charge on any atom is -0.341 e. The number of benzene rings is 1. The van der Waals surface area contributed by atoms with Gasteiger partial charge in [0.15, 0.2) is 9.84 Å². The Morgan fingerprint density at radius 3 is 2.32 bits per heavy atom. The van der Waals surface area contributed by atoms with E-state index < -0.39 is 9.84 Å². The molecular weight excluding hydrogens is 296 g/mol. The zero-order valence-corrected chi connectivity index (χ0v) is 13.6. The fourth-order valence-electron chi connectivity index (χ4n) is 3.91. The quantitative estimate of drug-likeness (QED) is 0.908. The van der Waals surface area contributed by atoms with Gasteiger partial charge in [-0.2, -0.15) is 5.26 Å². The summed E-state index contributed by atoms with van der Waals surface area (Å²) in [7, 11) is -2.80. The maximum atomic E-state index is 11.6. The molecule has 0 unspecified atom stereocenters. The van der Waals surface area contributed by atoms with E-state index in [0.717, 1.165) is 37.7 Å². The van der Waals surface area contributed by atoms with Crippen molar-refractivity contribution in [1.82, 2.24) is 0 Å². The molecule has 2 fully saturated rings. The highest BCUT2D eigenvalue weighted by molar-refractivity contribution is 7.91. The molecule has 1 aromatic rings. The second-order valence-corrected chi connectivity index (χ2v) is 8.98. The van der Waals surface area contributed by atoms with Crippen molar-refractivity contribution in [2.45, 2.75) is 49.6 Å². The van der Waals surface area contributed by atoms with Gasteiger partial charge in [-0.1, -0.05) is 30.3 Å². The molecule has 5 heteroatoms. The predicted molar refractivity (Wildman–Crippen MR) is 85.0 cm³/mol. The van der Waals surface area contributed by atoms with E-state index in [-0.39, 0.29) is 11.5 Å². The number of hydrogen-bond acceptors (Lipinski definition) is 3. The van der Waals surface area contributed by atoms with E-state index in [9.17, 15) is 13.7 Å². The molecule has 0 radical (unpaired) electrons.